The molecule has 5 nitrogen and oxygen atoms in total. The third kappa shape index (κ3) is 4.19. The first-order chi connectivity index (χ1) is 9.03. The van der Waals surface area contributed by atoms with Crippen LogP contribution in [0.5, 0.6) is 5.75 Å². The summed E-state index contributed by atoms with van der Waals surface area (Å²) in [6, 6.07) is 4.87. The van der Waals surface area contributed by atoms with Crippen LogP contribution in [0.25, 0.3) is 0 Å². The first kappa shape index (κ1) is 15.9. The van der Waals surface area contributed by atoms with Gasteiger partial charge in [-0.25, -0.2) is 0 Å². The number of methoxy groups -OCH3 is 3. The SMILES string of the molecule is COc1ccc(C(=O)NC(C)C(OC)OC)cc1Br. The van der Waals surface area contributed by atoms with Crippen molar-refractivity contribution < 1.29 is 19.0 Å². The van der Waals surface area contributed by atoms with Gasteiger partial charge < -0.3 is 19.5 Å². The summed E-state index contributed by atoms with van der Waals surface area (Å²) in [6.07, 6.45) is -0.481. The Morgan fingerprint density at radius 2 is 1.89 bits per heavy atom. The Kier molecular flexibility index (Phi) is 6.27. The van der Waals surface area contributed by atoms with E-state index in [1.54, 1.807) is 25.3 Å². The van der Waals surface area contributed by atoms with Gasteiger partial charge in [-0.3, -0.25) is 4.79 Å². The van der Waals surface area contributed by atoms with Crippen molar-refractivity contribution in [1.29, 1.82) is 0 Å². The van der Waals surface area contributed by atoms with E-state index >= 15 is 0 Å². The van der Waals surface area contributed by atoms with Crippen molar-refractivity contribution in [3.05, 3.63) is 28.2 Å². The lowest BCUT2D eigenvalue weighted by atomic mass is 10.2. The van der Waals surface area contributed by atoms with Crippen LogP contribution in [0.2, 0.25) is 0 Å². The molecule has 0 bridgehead atoms. The molecule has 0 radical (unpaired) electrons. The van der Waals surface area contributed by atoms with Crippen LogP contribution in [0, 0.1) is 0 Å². The van der Waals surface area contributed by atoms with E-state index in [9.17, 15) is 4.79 Å². The highest BCUT2D eigenvalue weighted by atomic mass is 79.9. The van der Waals surface area contributed by atoms with Gasteiger partial charge in [0, 0.05) is 19.8 Å². The normalized spacial score (nSPS) is 12.3. The molecule has 0 aromatic heterocycles. The van der Waals surface area contributed by atoms with Gasteiger partial charge in [0.2, 0.25) is 0 Å². The highest BCUT2D eigenvalue weighted by molar-refractivity contribution is 9.10. The highest BCUT2D eigenvalue weighted by Gasteiger charge is 2.19. The molecule has 0 saturated heterocycles. The first-order valence-electron chi connectivity index (χ1n) is 5.73. The molecule has 1 rings (SSSR count). The number of hydrogen-bond donors (Lipinski definition) is 1. The van der Waals surface area contributed by atoms with Gasteiger partial charge >= 0.3 is 0 Å². The molecule has 106 valence electrons. The molecule has 1 aromatic rings. The summed E-state index contributed by atoms with van der Waals surface area (Å²) in [7, 11) is 4.63. The quantitative estimate of drug-likeness (QED) is 0.812. The summed E-state index contributed by atoms with van der Waals surface area (Å²) in [4.78, 5) is 12.1. The fourth-order valence-electron chi connectivity index (χ4n) is 1.67. The number of carbonyl (C=O) groups is 1. The molecule has 19 heavy (non-hydrogen) atoms. The molecular weight excluding hydrogens is 314 g/mol. The smallest absolute Gasteiger partial charge is 0.251 e. The second-order valence-corrected chi connectivity index (χ2v) is 4.81. The first-order valence-corrected chi connectivity index (χ1v) is 6.52. The zero-order valence-electron chi connectivity index (χ0n) is 11.4. The number of ether oxygens (including phenoxy) is 3. The lowest BCUT2D eigenvalue weighted by molar-refractivity contribution is -0.117. The molecule has 0 aliphatic carbocycles. The van der Waals surface area contributed by atoms with Gasteiger partial charge in [-0.2, -0.15) is 0 Å². The number of amides is 1. The molecule has 1 atom stereocenters. The molecular formula is C13H18BrNO4. The lowest BCUT2D eigenvalue weighted by Crippen LogP contribution is -2.42. The van der Waals surface area contributed by atoms with Crippen LogP contribution in [0.3, 0.4) is 0 Å². The van der Waals surface area contributed by atoms with E-state index in [-0.39, 0.29) is 11.9 Å². The van der Waals surface area contributed by atoms with Gasteiger partial charge in [-0.05, 0) is 41.1 Å². The molecule has 0 aliphatic rings. The molecule has 1 unspecified atom stereocenters. The Balaban J connectivity index is 2.75. The average Bonchev–Trinajstić information content (AvgIpc) is 2.39. The number of nitrogens with one attached hydrogen (secondary N) is 1. The average molecular weight is 332 g/mol. The Hall–Kier alpha value is -1.11. The minimum absolute atomic E-state index is 0.199. The van der Waals surface area contributed by atoms with Gasteiger partial charge in [0.15, 0.2) is 6.29 Å². The van der Waals surface area contributed by atoms with Crippen molar-refractivity contribution in [2.75, 3.05) is 21.3 Å². The molecule has 6 heteroatoms. The van der Waals surface area contributed by atoms with Gasteiger partial charge in [0.05, 0.1) is 17.6 Å². The number of benzene rings is 1. The van der Waals surface area contributed by atoms with E-state index in [2.05, 4.69) is 21.2 Å². The topological polar surface area (TPSA) is 56.8 Å². The van der Waals surface area contributed by atoms with E-state index in [4.69, 9.17) is 14.2 Å². The van der Waals surface area contributed by atoms with E-state index < -0.39 is 6.29 Å². The second kappa shape index (κ2) is 7.47. The fourth-order valence-corrected chi connectivity index (χ4v) is 2.21. The Morgan fingerprint density at radius 1 is 1.26 bits per heavy atom. The van der Waals surface area contributed by atoms with Gasteiger partial charge in [0.25, 0.3) is 5.91 Å². The monoisotopic (exact) mass is 331 g/mol. The third-order valence-electron chi connectivity index (χ3n) is 2.65. The van der Waals surface area contributed by atoms with Crippen LogP contribution in [0.4, 0.5) is 0 Å². The third-order valence-corrected chi connectivity index (χ3v) is 3.27. The summed E-state index contributed by atoms with van der Waals surface area (Å²) in [5, 5.41) is 2.81. The Labute approximate surface area is 121 Å². The van der Waals surface area contributed by atoms with Crippen molar-refractivity contribution in [3.8, 4) is 5.75 Å². The van der Waals surface area contributed by atoms with Crippen molar-refractivity contribution in [1.82, 2.24) is 5.32 Å². The maximum Gasteiger partial charge on any atom is 0.251 e. The minimum Gasteiger partial charge on any atom is -0.496 e. The Morgan fingerprint density at radius 3 is 2.37 bits per heavy atom. The van der Waals surface area contributed by atoms with Gasteiger partial charge in [0.1, 0.15) is 5.75 Å². The predicted octanol–water partition coefficient (Wildman–Crippen LogP) is 2.19. The van der Waals surface area contributed by atoms with Gasteiger partial charge in [-0.1, -0.05) is 0 Å². The molecule has 0 aliphatic heterocycles. The zero-order chi connectivity index (χ0) is 14.4. The maximum absolute atomic E-state index is 12.1. The molecule has 1 amide bonds. The van der Waals surface area contributed by atoms with Crippen molar-refractivity contribution in [3.63, 3.8) is 0 Å². The molecule has 0 saturated carbocycles. The minimum atomic E-state index is -0.481. The maximum atomic E-state index is 12.1. The summed E-state index contributed by atoms with van der Waals surface area (Å²) in [6.45, 7) is 1.81. The number of carbonyl (C=O) groups excluding carboxylic acids is 1. The molecule has 1 N–H and O–H groups in total. The van der Waals surface area contributed by atoms with Crippen LogP contribution in [-0.2, 0) is 9.47 Å². The van der Waals surface area contributed by atoms with Crippen LogP contribution in [0.15, 0.2) is 22.7 Å². The molecule has 0 heterocycles. The van der Waals surface area contributed by atoms with Crippen LogP contribution in [0.1, 0.15) is 17.3 Å². The predicted molar refractivity (Wildman–Crippen MR) is 75.4 cm³/mol. The molecule has 1 aromatic carbocycles. The lowest BCUT2D eigenvalue weighted by Gasteiger charge is -2.22. The Bertz CT molecular complexity index is 435. The summed E-state index contributed by atoms with van der Waals surface area (Å²) < 4.78 is 16.0. The van der Waals surface area contributed by atoms with E-state index in [1.807, 2.05) is 6.92 Å². The van der Waals surface area contributed by atoms with Crippen molar-refractivity contribution in [2.24, 2.45) is 0 Å². The highest BCUT2D eigenvalue weighted by Crippen LogP contribution is 2.25. The molecule has 0 fully saturated rings. The fraction of sp³-hybridized carbons (Fsp3) is 0.462. The van der Waals surface area contributed by atoms with Crippen molar-refractivity contribution >= 4 is 21.8 Å². The van der Waals surface area contributed by atoms with Crippen molar-refractivity contribution in [2.45, 2.75) is 19.3 Å². The summed E-state index contributed by atoms with van der Waals surface area (Å²) >= 11 is 3.34. The summed E-state index contributed by atoms with van der Waals surface area (Å²) in [5.41, 5.74) is 0.533. The molecule has 0 spiro atoms. The standard InChI is InChI=1S/C13H18BrNO4/c1-8(13(18-3)19-4)15-12(16)9-5-6-11(17-2)10(14)7-9/h5-8,13H,1-4H3,(H,15,16). The largest absolute Gasteiger partial charge is 0.496 e. The van der Waals surface area contributed by atoms with E-state index in [0.29, 0.717) is 11.3 Å². The second-order valence-electron chi connectivity index (χ2n) is 3.95. The van der Waals surface area contributed by atoms with Gasteiger partial charge in [-0.15, -0.1) is 0 Å². The number of hydrogen-bond acceptors (Lipinski definition) is 4. The van der Waals surface area contributed by atoms with Crippen LogP contribution < -0.4 is 10.1 Å². The van der Waals surface area contributed by atoms with Crippen LogP contribution >= 0.6 is 15.9 Å². The van der Waals surface area contributed by atoms with E-state index in [0.717, 1.165) is 4.47 Å². The number of halogens is 1. The number of rotatable bonds is 6. The zero-order valence-corrected chi connectivity index (χ0v) is 13.0. The summed E-state index contributed by atoms with van der Waals surface area (Å²) in [5.74, 6) is 0.478. The van der Waals surface area contributed by atoms with Crippen LogP contribution in [-0.4, -0.2) is 39.6 Å². The van der Waals surface area contributed by atoms with E-state index in [1.165, 1.54) is 14.2 Å².